The van der Waals surface area contributed by atoms with E-state index >= 15 is 0 Å². The van der Waals surface area contributed by atoms with Crippen molar-refractivity contribution >= 4 is 17.4 Å². The Labute approximate surface area is 144 Å². The van der Waals surface area contributed by atoms with Crippen LogP contribution in [0, 0.1) is 5.92 Å². The van der Waals surface area contributed by atoms with E-state index in [4.69, 9.17) is 4.74 Å². The Hall–Kier alpha value is -1.07. The van der Waals surface area contributed by atoms with Gasteiger partial charge < -0.3 is 15.4 Å². The van der Waals surface area contributed by atoms with Crippen LogP contribution >= 0.6 is 11.3 Å². The van der Waals surface area contributed by atoms with Crippen LogP contribution in [0.5, 0.6) is 0 Å². The molecule has 0 aliphatic heterocycles. The maximum absolute atomic E-state index is 11.8. The summed E-state index contributed by atoms with van der Waals surface area (Å²) in [5, 5.41) is 11.0. The molecule has 0 radical (unpaired) electrons. The van der Waals surface area contributed by atoms with Crippen LogP contribution in [-0.2, 0) is 11.2 Å². The molecule has 1 saturated carbocycles. The molecule has 0 aromatic carbocycles. The van der Waals surface area contributed by atoms with Crippen molar-refractivity contribution in [1.29, 1.82) is 0 Å². The highest BCUT2D eigenvalue weighted by Gasteiger charge is 2.29. The minimum Gasteiger partial charge on any atom is -0.444 e. The first-order valence-electron chi connectivity index (χ1n) is 8.57. The predicted molar refractivity (Wildman–Crippen MR) is 96.0 cm³/mol. The maximum atomic E-state index is 11.8. The van der Waals surface area contributed by atoms with Crippen molar-refractivity contribution in [2.75, 3.05) is 6.54 Å². The number of ether oxygens (including phenoxy) is 1. The summed E-state index contributed by atoms with van der Waals surface area (Å²) in [5.41, 5.74) is 0.961. The van der Waals surface area contributed by atoms with E-state index in [1.54, 1.807) is 11.3 Å². The summed E-state index contributed by atoms with van der Waals surface area (Å²) >= 11 is 1.75. The third-order valence-electron chi connectivity index (χ3n) is 4.19. The Bertz CT molecular complexity index is 482. The third kappa shape index (κ3) is 6.51. The Kier molecular flexibility index (Phi) is 6.48. The number of hydrogen-bond donors (Lipinski definition) is 2. The molecule has 1 aliphatic rings. The van der Waals surface area contributed by atoms with Gasteiger partial charge in [-0.1, -0.05) is 6.42 Å². The average molecular weight is 339 g/mol. The number of amides is 1. The molecule has 0 saturated heterocycles. The molecule has 1 aromatic heterocycles. The Balaban J connectivity index is 1.75. The zero-order valence-corrected chi connectivity index (χ0v) is 15.5. The van der Waals surface area contributed by atoms with E-state index in [-0.39, 0.29) is 6.09 Å². The van der Waals surface area contributed by atoms with Gasteiger partial charge in [-0.15, -0.1) is 0 Å². The lowest BCUT2D eigenvalue weighted by Gasteiger charge is -2.26. The molecule has 130 valence electrons. The topological polar surface area (TPSA) is 50.4 Å². The predicted octanol–water partition coefficient (Wildman–Crippen LogP) is 3.96. The molecule has 1 fully saturated rings. The van der Waals surface area contributed by atoms with Crippen molar-refractivity contribution in [2.45, 2.75) is 71.1 Å². The van der Waals surface area contributed by atoms with Crippen LogP contribution in [0.3, 0.4) is 0 Å². The van der Waals surface area contributed by atoms with E-state index in [0.717, 1.165) is 6.42 Å². The van der Waals surface area contributed by atoms with Crippen LogP contribution in [0.25, 0.3) is 0 Å². The van der Waals surface area contributed by atoms with Gasteiger partial charge in [0.25, 0.3) is 0 Å². The van der Waals surface area contributed by atoms with Crippen LogP contribution in [-0.4, -0.2) is 30.3 Å². The van der Waals surface area contributed by atoms with Gasteiger partial charge in [0.15, 0.2) is 0 Å². The number of rotatable bonds is 6. The average Bonchev–Trinajstić information content (AvgIpc) is 3.06. The monoisotopic (exact) mass is 338 g/mol. The molecule has 2 N–H and O–H groups in total. The smallest absolute Gasteiger partial charge is 0.407 e. The second kappa shape index (κ2) is 8.15. The van der Waals surface area contributed by atoms with Gasteiger partial charge in [0.1, 0.15) is 5.60 Å². The van der Waals surface area contributed by atoms with Gasteiger partial charge in [-0.3, -0.25) is 0 Å². The van der Waals surface area contributed by atoms with Crippen molar-refractivity contribution in [3.8, 4) is 0 Å². The van der Waals surface area contributed by atoms with Crippen LogP contribution in [0.4, 0.5) is 4.79 Å². The van der Waals surface area contributed by atoms with Crippen LogP contribution in [0.2, 0.25) is 0 Å². The fraction of sp³-hybridized carbons (Fsp3) is 0.722. The first kappa shape index (κ1) is 18.3. The summed E-state index contributed by atoms with van der Waals surface area (Å²) in [6, 6.07) is 3.13. The summed E-state index contributed by atoms with van der Waals surface area (Å²) < 4.78 is 5.31. The fourth-order valence-corrected chi connectivity index (χ4v) is 3.90. The maximum Gasteiger partial charge on any atom is 0.407 e. The summed E-state index contributed by atoms with van der Waals surface area (Å²) in [5.74, 6) is 0.493. The number of thiophene rings is 1. The first-order chi connectivity index (χ1) is 10.8. The zero-order chi connectivity index (χ0) is 16.9. The normalized spacial score (nSPS) is 22.8. The van der Waals surface area contributed by atoms with Gasteiger partial charge >= 0.3 is 6.09 Å². The van der Waals surface area contributed by atoms with Crippen molar-refractivity contribution < 1.29 is 9.53 Å². The molecule has 5 heteroatoms. The van der Waals surface area contributed by atoms with Gasteiger partial charge in [-0.25, -0.2) is 4.79 Å². The molecule has 1 amide bonds. The second-order valence-corrected chi connectivity index (χ2v) is 8.36. The van der Waals surface area contributed by atoms with Crippen LogP contribution in [0.15, 0.2) is 16.8 Å². The molecule has 4 nitrogen and oxygen atoms in total. The highest BCUT2D eigenvalue weighted by atomic mass is 32.1. The molecule has 2 rings (SSSR count). The van der Waals surface area contributed by atoms with Crippen molar-refractivity contribution in [3.63, 3.8) is 0 Å². The Morgan fingerprint density at radius 3 is 2.87 bits per heavy atom. The highest BCUT2D eigenvalue weighted by Crippen LogP contribution is 2.26. The molecule has 3 atom stereocenters. The van der Waals surface area contributed by atoms with Gasteiger partial charge in [-0.05, 0) is 75.3 Å². The molecule has 0 bridgehead atoms. The molecular formula is C18H30N2O2S. The Morgan fingerprint density at radius 2 is 2.22 bits per heavy atom. The SMILES string of the molecule is CC(Cc1ccsc1)NC1CCCC1CNC(=O)OC(C)(C)C. The summed E-state index contributed by atoms with van der Waals surface area (Å²) in [6.45, 7) is 8.60. The number of alkyl carbamates (subject to hydrolysis) is 1. The molecular weight excluding hydrogens is 308 g/mol. The number of hydrogen-bond acceptors (Lipinski definition) is 4. The van der Waals surface area contributed by atoms with Crippen molar-refractivity contribution in [2.24, 2.45) is 5.92 Å². The minimum absolute atomic E-state index is 0.311. The largest absolute Gasteiger partial charge is 0.444 e. The fourth-order valence-electron chi connectivity index (χ4n) is 3.22. The zero-order valence-electron chi connectivity index (χ0n) is 14.7. The lowest BCUT2D eigenvalue weighted by molar-refractivity contribution is 0.0517. The minimum atomic E-state index is -0.438. The molecule has 1 heterocycles. The van der Waals surface area contributed by atoms with Crippen LogP contribution in [0.1, 0.15) is 52.5 Å². The first-order valence-corrected chi connectivity index (χ1v) is 9.52. The van der Waals surface area contributed by atoms with Crippen molar-refractivity contribution in [1.82, 2.24) is 10.6 Å². The standard InChI is InChI=1S/C18H30N2O2S/c1-13(10-14-8-9-23-12-14)20-16-7-5-6-15(16)11-19-17(21)22-18(2,3)4/h8-9,12-13,15-16,20H,5-7,10-11H2,1-4H3,(H,19,21). The van der Waals surface area contributed by atoms with E-state index in [2.05, 4.69) is 34.4 Å². The highest BCUT2D eigenvalue weighted by molar-refractivity contribution is 7.07. The summed E-state index contributed by atoms with van der Waals surface area (Å²) in [6.07, 6.45) is 4.33. The quantitative estimate of drug-likeness (QED) is 0.825. The number of carbonyl (C=O) groups excluding carboxylic acids is 1. The van der Waals surface area contributed by atoms with Gasteiger partial charge in [0.2, 0.25) is 0 Å². The summed E-state index contributed by atoms with van der Waals surface area (Å²) in [7, 11) is 0. The second-order valence-electron chi connectivity index (χ2n) is 7.58. The number of carbonyl (C=O) groups is 1. The third-order valence-corrected chi connectivity index (χ3v) is 4.92. The molecule has 23 heavy (non-hydrogen) atoms. The lowest BCUT2D eigenvalue weighted by Crippen LogP contribution is -2.44. The molecule has 3 unspecified atom stereocenters. The van der Waals surface area contributed by atoms with Crippen molar-refractivity contribution in [3.05, 3.63) is 22.4 Å². The molecule has 0 spiro atoms. The molecule has 1 aromatic rings. The number of nitrogens with one attached hydrogen (secondary N) is 2. The van der Waals surface area contributed by atoms with E-state index in [1.165, 1.54) is 24.8 Å². The van der Waals surface area contributed by atoms with E-state index in [1.807, 2.05) is 20.8 Å². The van der Waals surface area contributed by atoms with E-state index in [0.29, 0.717) is 24.5 Å². The lowest BCUT2D eigenvalue weighted by atomic mass is 10.0. The Morgan fingerprint density at radius 1 is 1.43 bits per heavy atom. The summed E-state index contributed by atoms with van der Waals surface area (Å²) in [4.78, 5) is 11.8. The van der Waals surface area contributed by atoms with Crippen LogP contribution < -0.4 is 10.6 Å². The van der Waals surface area contributed by atoms with Gasteiger partial charge in [-0.2, -0.15) is 11.3 Å². The van der Waals surface area contributed by atoms with Gasteiger partial charge in [0, 0.05) is 18.6 Å². The van der Waals surface area contributed by atoms with E-state index in [9.17, 15) is 4.79 Å². The van der Waals surface area contributed by atoms with E-state index < -0.39 is 5.60 Å². The molecule has 1 aliphatic carbocycles. The van der Waals surface area contributed by atoms with Gasteiger partial charge in [0.05, 0.1) is 0 Å².